The molecule has 0 spiro atoms. The molecule has 0 aliphatic carbocycles. The number of hydrogen-bond donors (Lipinski definition) is 0. The Bertz CT molecular complexity index is 572. The Hall–Kier alpha value is -2.37. The van der Waals surface area contributed by atoms with Gasteiger partial charge in [0.05, 0.1) is 26.4 Å². The molecule has 1 aromatic carbocycles. The van der Waals surface area contributed by atoms with Crippen LogP contribution in [0.1, 0.15) is 46.6 Å². The van der Waals surface area contributed by atoms with Gasteiger partial charge in [-0.05, 0) is 34.1 Å². The van der Waals surface area contributed by atoms with Crippen LogP contribution in [0.5, 0.6) is 28.7 Å². The number of esters is 1. The summed E-state index contributed by atoms with van der Waals surface area (Å²) in [7, 11) is 0. The van der Waals surface area contributed by atoms with Gasteiger partial charge in [-0.25, -0.2) is 4.79 Å². The van der Waals surface area contributed by atoms with Crippen molar-refractivity contribution in [2.45, 2.75) is 47.5 Å². The third-order valence-corrected chi connectivity index (χ3v) is 3.40. The van der Waals surface area contributed by atoms with Crippen LogP contribution in [0.3, 0.4) is 0 Å². The standard InChI is InChI=1S/C20H30O6/c1-7-13-14-16(22-9-3)18(24-11-5)20(26-15(21)8-2)19(25-12-6)17(14)23-10-4/h8H,2,7,9-13H2,1,3-6H3. The lowest BCUT2D eigenvalue weighted by molar-refractivity contribution is -0.129. The van der Waals surface area contributed by atoms with Gasteiger partial charge in [0.2, 0.25) is 17.2 Å². The molecule has 26 heavy (non-hydrogen) atoms. The molecule has 146 valence electrons. The Morgan fingerprint density at radius 3 is 1.54 bits per heavy atom. The summed E-state index contributed by atoms with van der Waals surface area (Å²) in [5, 5.41) is 0. The van der Waals surface area contributed by atoms with E-state index in [1.54, 1.807) is 0 Å². The fraction of sp³-hybridized carbons (Fsp3) is 0.550. The summed E-state index contributed by atoms with van der Waals surface area (Å²) in [6.07, 6.45) is 2.68. The number of rotatable bonds is 12. The molecule has 0 aromatic heterocycles. The van der Waals surface area contributed by atoms with Crippen molar-refractivity contribution in [1.29, 1.82) is 0 Å². The van der Waals surface area contributed by atoms with Crippen molar-refractivity contribution in [3.05, 3.63) is 18.2 Å². The monoisotopic (exact) mass is 366 g/mol. The average molecular weight is 366 g/mol. The summed E-state index contributed by atoms with van der Waals surface area (Å²) < 4.78 is 28.8. The van der Waals surface area contributed by atoms with Crippen LogP contribution in [0, 0.1) is 0 Å². The molecular weight excluding hydrogens is 336 g/mol. The molecule has 0 bridgehead atoms. The molecule has 6 heteroatoms. The second-order valence-electron chi connectivity index (χ2n) is 5.23. The molecule has 6 nitrogen and oxygen atoms in total. The van der Waals surface area contributed by atoms with E-state index in [0.29, 0.717) is 55.8 Å². The van der Waals surface area contributed by atoms with Crippen LogP contribution in [0.15, 0.2) is 12.7 Å². The molecule has 0 aliphatic rings. The first-order valence-corrected chi connectivity index (χ1v) is 9.17. The number of carbonyl (C=O) groups is 1. The molecule has 1 aromatic rings. The minimum atomic E-state index is -0.611. The Balaban J connectivity index is 3.84. The first-order chi connectivity index (χ1) is 12.6. The second kappa shape index (κ2) is 11.3. The fourth-order valence-electron chi connectivity index (χ4n) is 2.54. The van der Waals surface area contributed by atoms with E-state index in [-0.39, 0.29) is 5.75 Å². The van der Waals surface area contributed by atoms with Gasteiger partial charge in [-0.1, -0.05) is 19.9 Å². The van der Waals surface area contributed by atoms with Crippen molar-refractivity contribution < 1.29 is 28.5 Å². The van der Waals surface area contributed by atoms with Gasteiger partial charge < -0.3 is 23.7 Å². The minimum Gasteiger partial charge on any atom is -0.489 e. The molecule has 0 N–H and O–H groups in total. The summed E-state index contributed by atoms with van der Waals surface area (Å²) in [6.45, 7) is 14.6. The van der Waals surface area contributed by atoms with E-state index in [0.717, 1.165) is 18.1 Å². The van der Waals surface area contributed by atoms with Crippen LogP contribution < -0.4 is 23.7 Å². The van der Waals surface area contributed by atoms with Crippen molar-refractivity contribution in [3.63, 3.8) is 0 Å². The Labute approximate surface area is 156 Å². The quantitative estimate of drug-likeness (QED) is 0.312. The third kappa shape index (κ3) is 5.07. The van der Waals surface area contributed by atoms with Gasteiger partial charge in [0.25, 0.3) is 0 Å². The van der Waals surface area contributed by atoms with E-state index in [1.165, 1.54) is 0 Å². The Morgan fingerprint density at radius 2 is 1.19 bits per heavy atom. The van der Waals surface area contributed by atoms with Crippen molar-refractivity contribution in [2.24, 2.45) is 0 Å². The van der Waals surface area contributed by atoms with Gasteiger partial charge in [-0.15, -0.1) is 0 Å². The van der Waals surface area contributed by atoms with E-state index in [1.807, 2.05) is 27.7 Å². The summed E-state index contributed by atoms with van der Waals surface area (Å²) in [6, 6.07) is 0. The van der Waals surface area contributed by atoms with Gasteiger partial charge in [0.15, 0.2) is 11.5 Å². The van der Waals surface area contributed by atoms with Crippen molar-refractivity contribution in [1.82, 2.24) is 0 Å². The smallest absolute Gasteiger partial charge is 0.335 e. The first-order valence-electron chi connectivity index (χ1n) is 9.17. The highest BCUT2D eigenvalue weighted by molar-refractivity contribution is 5.86. The van der Waals surface area contributed by atoms with Crippen LogP contribution >= 0.6 is 0 Å². The zero-order valence-corrected chi connectivity index (χ0v) is 16.5. The van der Waals surface area contributed by atoms with Crippen molar-refractivity contribution in [2.75, 3.05) is 26.4 Å². The average Bonchev–Trinajstić information content (AvgIpc) is 2.63. The Morgan fingerprint density at radius 1 is 0.769 bits per heavy atom. The highest BCUT2D eigenvalue weighted by Gasteiger charge is 2.30. The molecule has 1 rings (SSSR count). The first kappa shape index (κ1) is 21.7. The van der Waals surface area contributed by atoms with E-state index >= 15 is 0 Å². The summed E-state index contributed by atoms with van der Waals surface area (Å²) in [5.41, 5.74) is 0.849. The number of ether oxygens (including phenoxy) is 5. The van der Waals surface area contributed by atoms with Crippen molar-refractivity contribution >= 4 is 5.97 Å². The Kier molecular flexibility index (Phi) is 9.41. The lowest BCUT2D eigenvalue weighted by Gasteiger charge is -2.24. The summed E-state index contributed by atoms with van der Waals surface area (Å²) in [4.78, 5) is 11.9. The van der Waals surface area contributed by atoms with Gasteiger partial charge >= 0.3 is 5.97 Å². The number of carbonyl (C=O) groups excluding carboxylic acids is 1. The molecule has 0 saturated carbocycles. The fourth-order valence-corrected chi connectivity index (χ4v) is 2.54. The maximum absolute atomic E-state index is 11.9. The zero-order chi connectivity index (χ0) is 19.5. The van der Waals surface area contributed by atoms with E-state index in [4.69, 9.17) is 23.7 Å². The van der Waals surface area contributed by atoms with Crippen LogP contribution in [0.2, 0.25) is 0 Å². The van der Waals surface area contributed by atoms with E-state index in [2.05, 4.69) is 13.5 Å². The molecule has 0 radical (unpaired) electrons. The largest absolute Gasteiger partial charge is 0.489 e. The van der Waals surface area contributed by atoms with Gasteiger partial charge in [0.1, 0.15) is 0 Å². The molecule has 0 unspecified atom stereocenters. The molecule has 0 fully saturated rings. The molecule has 0 saturated heterocycles. The van der Waals surface area contributed by atoms with Crippen LogP contribution in [0.25, 0.3) is 0 Å². The number of hydrogen-bond acceptors (Lipinski definition) is 6. The zero-order valence-electron chi connectivity index (χ0n) is 16.5. The maximum Gasteiger partial charge on any atom is 0.335 e. The van der Waals surface area contributed by atoms with Crippen LogP contribution in [-0.4, -0.2) is 32.4 Å². The van der Waals surface area contributed by atoms with Crippen molar-refractivity contribution in [3.8, 4) is 28.7 Å². The van der Waals surface area contributed by atoms with Gasteiger partial charge in [-0.2, -0.15) is 0 Å². The SMILES string of the molecule is C=CC(=O)Oc1c(OCC)c(OCC)c(CCC)c(OCC)c1OCC. The van der Waals surface area contributed by atoms with E-state index < -0.39 is 5.97 Å². The maximum atomic E-state index is 11.9. The molecule has 0 atom stereocenters. The lowest BCUT2D eigenvalue weighted by Crippen LogP contribution is -2.12. The highest BCUT2D eigenvalue weighted by atomic mass is 16.6. The van der Waals surface area contributed by atoms with E-state index in [9.17, 15) is 4.79 Å². The highest BCUT2D eigenvalue weighted by Crippen LogP contribution is 2.54. The molecule has 0 aliphatic heterocycles. The van der Waals surface area contributed by atoms with Crippen LogP contribution in [-0.2, 0) is 11.2 Å². The molecular formula is C20H30O6. The topological polar surface area (TPSA) is 63.2 Å². The van der Waals surface area contributed by atoms with Gasteiger partial charge in [0, 0.05) is 11.6 Å². The second-order valence-corrected chi connectivity index (χ2v) is 5.23. The normalized spacial score (nSPS) is 10.2. The van der Waals surface area contributed by atoms with Gasteiger partial charge in [-0.3, -0.25) is 0 Å². The lowest BCUT2D eigenvalue weighted by atomic mass is 10.0. The summed E-state index contributed by atoms with van der Waals surface area (Å²) >= 11 is 0. The molecule has 0 amide bonds. The predicted molar refractivity (Wildman–Crippen MR) is 101 cm³/mol. The predicted octanol–water partition coefficient (Wildman–Crippen LogP) is 4.33. The van der Waals surface area contributed by atoms with Crippen LogP contribution in [0.4, 0.5) is 0 Å². The minimum absolute atomic E-state index is 0.158. The number of benzene rings is 1. The third-order valence-electron chi connectivity index (χ3n) is 3.40. The summed E-state index contributed by atoms with van der Waals surface area (Å²) in [5.74, 6) is 1.29. The molecule has 0 heterocycles.